The second kappa shape index (κ2) is 9.00. The molecule has 1 aliphatic rings. The van der Waals surface area contributed by atoms with Crippen molar-refractivity contribution in [3.05, 3.63) is 83.2 Å². The second-order valence-corrected chi connectivity index (χ2v) is 7.38. The Morgan fingerprint density at radius 1 is 1.07 bits per heavy atom. The van der Waals surface area contributed by atoms with E-state index in [-0.39, 0.29) is 17.6 Å². The zero-order chi connectivity index (χ0) is 20.9. The molecule has 156 valence electrons. The fraction of sp³-hybridized carbons (Fsp3) is 0.304. The molecule has 7 nitrogen and oxygen atoms in total. The number of hydrogen-bond acceptors (Lipinski definition) is 5. The van der Waals surface area contributed by atoms with E-state index in [2.05, 4.69) is 5.32 Å². The summed E-state index contributed by atoms with van der Waals surface area (Å²) >= 11 is 0. The van der Waals surface area contributed by atoms with E-state index in [1.165, 1.54) is 0 Å². The zero-order valence-electron chi connectivity index (χ0n) is 16.8. The van der Waals surface area contributed by atoms with Crippen LogP contribution in [0.25, 0.3) is 0 Å². The van der Waals surface area contributed by atoms with E-state index in [0.717, 1.165) is 18.4 Å². The molecule has 0 unspecified atom stereocenters. The van der Waals surface area contributed by atoms with Gasteiger partial charge in [-0.15, -0.1) is 0 Å². The third kappa shape index (κ3) is 4.99. The van der Waals surface area contributed by atoms with Crippen LogP contribution in [0.2, 0.25) is 0 Å². The number of rotatable bonds is 9. The molecule has 4 rings (SSSR count). The fourth-order valence-corrected chi connectivity index (χ4v) is 3.14. The van der Waals surface area contributed by atoms with E-state index < -0.39 is 0 Å². The number of ether oxygens (including phenoxy) is 1. The quantitative estimate of drug-likeness (QED) is 0.583. The summed E-state index contributed by atoms with van der Waals surface area (Å²) in [4.78, 5) is 26.9. The molecule has 0 radical (unpaired) electrons. The predicted molar refractivity (Wildman–Crippen MR) is 109 cm³/mol. The molecule has 0 saturated heterocycles. The SMILES string of the molecule is COCc1ccc(C(=O)N(Cc2ccc(C(=O)NC3CC3)cc2)Cc2ccco2)o1. The molecule has 1 aliphatic carbocycles. The lowest BCUT2D eigenvalue weighted by molar-refractivity contribution is 0.0677. The van der Waals surface area contributed by atoms with Crippen LogP contribution in [0, 0.1) is 0 Å². The minimum absolute atomic E-state index is 0.0613. The maximum absolute atomic E-state index is 13.1. The van der Waals surface area contributed by atoms with Crippen LogP contribution >= 0.6 is 0 Å². The topological polar surface area (TPSA) is 84.9 Å². The van der Waals surface area contributed by atoms with Gasteiger partial charge in [-0.3, -0.25) is 9.59 Å². The van der Waals surface area contributed by atoms with Gasteiger partial charge in [0.2, 0.25) is 0 Å². The first kappa shape index (κ1) is 20.0. The number of amides is 2. The van der Waals surface area contributed by atoms with Crippen LogP contribution in [0.15, 0.2) is 63.6 Å². The summed E-state index contributed by atoms with van der Waals surface area (Å²) in [6, 6.07) is 14.6. The van der Waals surface area contributed by atoms with Gasteiger partial charge in [0.15, 0.2) is 5.76 Å². The van der Waals surface area contributed by atoms with Crippen LogP contribution in [0.5, 0.6) is 0 Å². The highest BCUT2D eigenvalue weighted by atomic mass is 16.5. The average Bonchev–Trinajstić information content (AvgIpc) is 3.21. The first-order valence-corrected chi connectivity index (χ1v) is 9.91. The summed E-state index contributed by atoms with van der Waals surface area (Å²) in [7, 11) is 1.57. The standard InChI is InChI=1S/C23H24N2O5/c1-28-15-20-10-11-21(30-20)23(27)25(14-19-3-2-12-29-19)13-16-4-6-17(7-5-16)22(26)24-18-8-9-18/h2-7,10-12,18H,8-9,13-15H2,1H3,(H,24,26). The third-order valence-electron chi connectivity index (χ3n) is 4.88. The molecule has 1 N–H and O–H groups in total. The Morgan fingerprint density at radius 3 is 2.53 bits per heavy atom. The predicted octanol–water partition coefficient (Wildman–Crippen LogP) is 3.75. The van der Waals surface area contributed by atoms with Gasteiger partial charge in [-0.05, 0) is 54.8 Å². The molecule has 2 heterocycles. The number of furan rings is 2. The van der Waals surface area contributed by atoms with Gasteiger partial charge in [0.05, 0.1) is 12.8 Å². The highest BCUT2D eigenvalue weighted by Gasteiger charge is 2.24. The maximum Gasteiger partial charge on any atom is 0.290 e. The number of methoxy groups -OCH3 is 1. The van der Waals surface area contributed by atoms with E-state index >= 15 is 0 Å². The van der Waals surface area contributed by atoms with Gasteiger partial charge < -0.3 is 23.8 Å². The zero-order valence-corrected chi connectivity index (χ0v) is 16.8. The molecule has 0 aliphatic heterocycles. The molecular weight excluding hydrogens is 384 g/mol. The van der Waals surface area contributed by atoms with Crippen LogP contribution in [0.3, 0.4) is 0 Å². The Labute approximate surface area is 174 Å². The lowest BCUT2D eigenvalue weighted by atomic mass is 10.1. The minimum atomic E-state index is -0.246. The average molecular weight is 408 g/mol. The van der Waals surface area contributed by atoms with Crippen LogP contribution < -0.4 is 5.32 Å². The lowest BCUT2D eigenvalue weighted by Crippen LogP contribution is -2.30. The van der Waals surface area contributed by atoms with Gasteiger partial charge >= 0.3 is 0 Å². The molecule has 3 aromatic rings. The van der Waals surface area contributed by atoms with Crippen molar-refractivity contribution in [3.8, 4) is 0 Å². The normalized spacial score (nSPS) is 13.2. The van der Waals surface area contributed by atoms with Crippen molar-refractivity contribution in [3.63, 3.8) is 0 Å². The van der Waals surface area contributed by atoms with Crippen LogP contribution in [-0.2, 0) is 24.4 Å². The van der Waals surface area contributed by atoms with Gasteiger partial charge in [-0.1, -0.05) is 12.1 Å². The molecule has 0 bridgehead atoms. The van der Waals surface area contributed by atoms with Crippen molar-refractivity contribution >= 4 is 11.8 Å². The van der Waals surface area contributed by atoms with Crippen LogP contribution in [-0.4, -0.2) is 29.9 Å². The van der Waals surface area contributed by atoms with Crippen molar-refractivity contribution in [2.24, 2.45) is 0 Å². The van der Waals surface area contributed by atoms with E-state index in [4.69, 9.17) is 13.6 Å². The highest BCUT2D eigenvalue weighted by molar-refractivity contribution is 5.94. The highest BCUT2D eigenvalue weighted by Crippen LogP contribution is 2.20. The Bertz CT molecular complexity index is 987. The van der Waals surface area contributed by atoms with Crippen molar-refractivity contribution < 1.29 is 23.2 Å². The Hall–Kier alpha value is -3.32. The van der Waals surface area contributed by atoms with Gasteiger partial charge in [-0.25, -0.2) is 0 Å². The lowest BCUT2D eigenvalue weighted by Gasteiger charge is -2.21. The number of hydrogen-bond donors (Lipinski definition) is 1. The summed E-state index contributed by atoms with van der Waals surface area (Å²) in [5.74, 6) is 1.20. The number of nitrogens with zero attached hydrogens (tertiary/aromatic N) is 1. The molecular formula is C23H24N2O5. The van der Waals surface area contributed by atoms with Crippen LogP contribution in [0.1, 0.15) is 50.8 Å². The Balaban J connectivity index is 1.48. The maximum atomic E-state index is 13.1. The number of carbonyl (C=O) groups excluding carboxylic acids is 2. The summed E-state index contributed by atoms with van der Waals surface area (Å²) in [6.07, 6.45) is 3.67. The van der Waals surface area contributed by atoms with Crippen molar-refractivity contribution in [2.75, 3.05) is 7.11 Å². The van der Waals surface area contributed by atoms with Gasteiger partial charge in [0.25, 0.3) is 11.8 Å². The van der Waals surface area contributed by atoms with Gasteiger partial charge in [-0.2, -0.15) is 0 Å². The smallest absolute Gasteiger partial charge is 0.290 e. The van der Waals surface area contributed by atoms with E-state index in [9.17, 15) is 9.59 Å². The van der Waals surface area contributed by atoms with Crippen molar-refractivity contribution in [1.29, 1.82) is 0 Å². The van der Waals surface area contributed by atoms with E-state index in [1.807, 2.05) is 18.2 Å². The number of benzene rings is 1. The molecule has 1 fully saturated rings. The van der Waals surface area contributed by atoms with Gasteiger partial charge in [0, 0.05) is 25.3 Å². The van der Waals surface area contributed by atoms with Crippen molar-refractivity contribution in [1.82, 2.24) is 10.2 Å². The second-order valence-electron chi connectivity index (χ2n) is 7.38. The molecule has 0 spiro atoms. The summed E-state index contributed by atoms with van der Waals surface area (Å²) in [5, 5.41) is 2.97. The monoisotopic (exact) mass is 408 g/mol. The molecule has 2 aromatic heterocycles. The Kier molecular flexibility index (Phi) is 5.99. The van der Waals surface area contributed by atoms with E-state index in [1.54, 1.807) is 48.6 Å². The number of carbonyl (C=O) groups is 2. The minimum Gasteiger partial charge on any atom is -0.467 e. The molecule has 0 atom stereocenters. The molecule has 7 heteroatoms. The summed E-state index contributed by atoms with van der Waals surface area (Å²) < 4.78 is 16.1. The molecule has 1 saturated carbocycles. The van der Waals surface area contributed by atoms with Gasteiger partial charge in [0.1, 0.15) is 18.1 Å². The Morgan fingerprint density at radius 2 is 1.87 bits per heavy atom. The first-order valence-electron chi connectivity index (χ1n) is 9.91. The summed E-state index contributed by atoms with van der Waals surface area (Å²) in [6.45, 7) is 0.955. The first-order chi connectivity index (χ1) is 14.6. The van der Waals surface area contributed by atoms with Crippen molar-refractivity contribution in [2.45, 2.75) is 38.6 Å². The fourth-order valence-electron chi connectivity index (χ4n) is 3.14. The molecule has 1 aromatic carbocycles. The third-order valence-corrected chi connectivity index (χ3v) is 4.88. The largest absolute Gasteiger partial charge is 0.467 e. The van der Waals surface area contributed by atoms with Crippen LogP contribution in [0.4, 0.5) is 0 Å². The molecule has 30 heavy (non-hydrogen) atoms. The number of nitrogens with one attached hydrogen (secondary N) is 1. The summed E-state index contributed by atoms with van der Waals surface area (Å²) in [5.41, 5.74) is 1.52. The van der Waals surface area contributed by atoms with E-state index in [0.29, 0.717) is 42.8 Å². The molecule has 2 amide bonds.